The fraction of sp³-hybridized carbons (Fsp3) is 0.200. The van der Waals surface area contributed by atoms with E-state index in [9.17, 15) is 0 Å². The molecule has 0 amide bonds. The molecule has 0 radical (unpaired) electrons. The maximum atomic E-state index is 5.47. The molecule has 0 aliphatic carbocycles. The number of aryl methyl sites for hydroxylation is 1. The van der Waals surface area contributed by atoms with Crippen molar-refractivity contribution in [3.63, 3.8) is 0 Å². The largest absolute Gasteiger partial charge is 0.497 e. The molecule has 0 bridgehead atoms. The molecule has 0 heterocycles. The fourth-order valence-electron chi connectivity index (χ4n) is 1.03. The van der Waals surface area contributed by atoms with Crippen LogP contribution in [0.5, 0.6) is 5.75 Å². The second-order valence-corrected chi connectivity index (χ2v) is 2.77. The summed E-state index contributed by atoms with van der Waals surface area (Å²) in [5.74, 6) is 0.874. The summed E-state index contributed by atoms with van der Waals surface area (Å²) in [7, 11) is 1.66. The number of hydrogen-bond acceptors (Lipinski definition) is 1. The van der Waals surface area contributed by atoms with Crippen LogP contribution in [0.4, 0.5) is 0 Å². The highest BCUT2D eigenvalue weighted by Gasteiger charge is 1.95. The molecule has 0 fully saturated rings. The molecule has 1 rings (SSSR count). The summed E-state index contributed by atoms with van der Waals surface area (Å²) in [6.45, 7) is 2.02. The standard InChI is InChI=1S/C10H11ClO/c1-8-7-10(12-2)4-3-9(8)5-6-11/h3-7H,1-2H3. The van der Waals surface area contributed by atoms with Gasteiger partial charge in [-0.1, -0.05) is 17.7 Å². The third-order valence-electron chi connectivity index (χ3n) is 1.72. The van der Waals surface area contributed by atoms with Gasteiger partial charge in [0.2, 0.25) is 0 Å². The van der Waals surface area contributed by atoms with Gasteiger partial charge in [-0.15, -0.1) is 0 Å². The van der Waals surface area contributed by atoms with E-state index in [1.54, 1.807) is 7.11 Å². The highest BCUT2D eigenvalue weighted by molar-refractivity contribution is 6.27. The molecule has 0 unspecified atom stereocenters. The van der Waals surface area contributed by atoms with Crippen LogP contribution in [0, 0.1) is 6.92 Å². The van der Waals surface area contributed by atoms with Crippen molar-refractivity contribution in [2.45, 2.75) is 6.92 Å². The monoisotopic (exact) mass is 182 g/mol. The van der Waals surface area contributed by atoms with Crippen LogP contribution in [-0.2, 0) is 0 Å². The van der Waals surface area contributed by atoms with Crippen LogP contribution in [0.15, 0.2) is 23.7 Å². The van der Waals surface area contributed by atoms with E-state index >= 15 is 0 Å². The zero-order valence-electron chi connectivity index (χ0n) is 7.17. The first-order chi connectivity index (χ1) is 5.77. The van der Waals surface area contributed by atoms with Crippen LogP contribution in [-0.4, -0.2) is 7.11 Å². The number of ether oxygens (including phenoxy) is 1. The van der Waals surface area contributed by atoms with E-state index in [-0.39, 0.29) is 0 Å². The van der Waals surface area contributed by atoms with E-state index in [4.69, 9.17) is 16.3 Å². The molecule has 0 aromatic heterocycles. The zero-order chi connectivity index (χ0) is 8.97. The summed E-state index contributed by atoms with van der Waals surface area (Å²) in [6, 6.07) is 5.87. The predicted octanol–water partition coefficient (Wildman–Crippen LogP) is 3.21. The Bertz CT molecular complexity index is 292. The first-order valence-electron chi connectivity index (χ1n) is 3.69. The Hall–Kier alpha value is -0.950. The zero-order valence-corrected chi connectivity index (χ0v) is 7.93. The lowest BCUT2D eigenvalue weighted by Gasteiger charge is -2.03. The van der Waals surface area contributed by atoms with Crippen molar-refractivity contribution >= 4 is 17.7 Å². The minimum Gasteiger partial charge on any atom is -0.497 e. The Morgan fingerprint density at radius 1 is 1.42 bits per heavy atom. The Morgan fingerprint density at radius 3 is 2.67 bits per heavy atom. The first-order valence-corrected chi connectivity index (χ1v) is 4.13. The summed E-state index contributed by atoms with van der Waals surface area (Å²) < 4.78 is 5.07. The van der Waals surface area contributed by atoms with Gasteiger partial charge in [0.15, 0.2) is 0 Å². The van der Waals surface area contributed by atoms with Crippen LogP contribution in [0.3, 0.4) is 0 Å². The van der Waals surface area contributed by atoms with Gasteiger partial charge in [-0.25, -0.2) is 0 Å². The van der Waals surface area contributed by atoms with Gasteiger partial charge in [-0.05, 0) is 36.3 Å². The van der Waals surface area contributed by atoms with Crippen molar-refractivity contribution in [1.29, 1.82) is 0 Å². The predicted molar refractivity (Wildman–Crippen MR) is 52.6 cm³/mol. The summed E-state index contributed by atoms with van der Waals surface area (Å²) in [4.78, 5) is 0. The molecule has 0 aliphatic rings. The Morgan fingerprint density at radius 2 is 2.17 bits per heavy atom. The smallest absolute Gasteiger partial charge is 0.119 e. The molecular formula is C10H11ClO. The SMILES string of the molecule is COc1ccc(C=CCl)c(C)c1. The van der Waals surface area contributed by atoms with Crippen molar-refractivity contribution in [3.05, 3.63) is 34.9 Å². The van der Waals surface area contributed by atoms with Crippen molar-refractivity contribution in [3.8, 4) is 5.75 Å². The summed E-state index contributed by atoms with van der Waals surface area (Å²) in [6.07, 6.45) is 1.86. The maximum Gasteiger partial charge on any atom is 0.119 e. The van der Waals surface area contributed by atoms with E-state index in [1.165, 1.54) is 5.54 Å². The Kier molecular flexibility index (Phi) is 3.18. The molecule has 0 spiro atoms. The molecule has 0 atom stereocenters. The first kappa shape index (κ1) is 9.14. The Balaban J connectivity index is 3.03. The van der Waals surface area contributed by atoms with Gasteiger partial charge < -0.3 is 4.74 Å². The number of rotatable bonds is 2. The summed E-state index contributed by atoms with van der Waals surface area (Å²) in [5, 5.41) is 0. The summed E-state index contributed by atoms with van der Waals surface area (Å²) >= 11 is 5.47. The van der Waals surface area contributed by atoms with Crippen LogP contribution < -0.4 is 4.74 Å². The lowest BCUT2D eigenvalue weighted by atomic mass is 10.1. The number of halogens is 1. The van der Waals surface area contributed by atoms with E-state index in [1.807, 2.05) is 31.2 Å². The quantitative estimate of drug-likeness (QED) is 0.683. The van der Waals surface area contributed by atoms with Crippen LogP contribution in [0.1, 0.15) is 11.1 Å². The molecule has 12 heavy (non-hydrogen) atoms. The summed E-state index contributed by atoms with van der Waals surface area (Å²) in [5.41, 5.74) is 3.78. The average Bonchev–Trinajstić information content (AvgIpc) is 2.09. The highest BCUT2D eigenvalue weighted by atomic mass is 35.5. The number of methoxy groups -OCH3 is 1. The van der Waals surface area contributed by atoms with Gasteiger partial charge in [0.05, 0.1) is 7.11 Å². The third kappa shape index (κ3) is 2.02. The van der Waals surface area contributed by atoms with E-state index in [0.29, 0.717) is 0 Å². The number of hydrogen-bond donors (Lipinski definition) is 0. The molecule has 1 aromatic rings. The molecule has 0 aliphatic heterocycles. The van der Waals surface area contributed by atoms with Gasteiger partial charge in [0, 0.05) is 5.54 Å². The number of benzene rings is 1. The molecule has 1 nitrogen and oxygen atoms in total. The van der Waals surface area contributed by atoms with Gasteiger partial charge in [0.1, 0.15) is 5.75 Å². The second kappa shape index (κ2) is 4.17. The molecule has 64 valence electrons. The van der Waals surface area contributed by atoms with E-state index in [2.05, 4.69) is 0 Å². The maximum absolute atomic E-state index is 5.47. The molecule has 0 N–H and O–H groups in total. The minimum atomic E-state index is 0.874. The van der Waals surface area contributed by atoms with Gasteiger partial charge >= 0.3 is 0 Å². The molecular weight excluding hydrogens is 172 g/mol. The molecule has 0 saturated heterocycles. The van der Waals surface area contributed by atoms with Gasteiger partial charge in [-0.3, -0.25) is 0 Å². The lowest BCUT2D eigenvalue weighted by molar-refractivity contribution is 0.414. The van der Waals surface area contributed by atoms with Crippen molar-refractivity contribution in [2.75, 3.05) is 7.11 Å². The molecule has 0 saturated carbocycles. The minimum absolute atomic E-state index is 0.874. The topological polar surface area (TPSA) is 9.23 Å². The van der Waals surface area contributed by atoms with Crippen molar-refractivity contribution in [1.82, 2.24) is 0 Å². The van der Waals surface area contributed by atoms with Gasteiger partial charge in [0.25, 0.3) is 0 Å². The van der Waals surface area contributed by atoms with Gasteiger partial charge in [-0.2, -0.15) is 0 Å². The fourth-order valence-corrected chi connectivity index (χ4v) is 1.17. The van der Waals surface area contributed by atoms with Crippen LogP contribution in [0.2, 0.25) is 0 Å². The van der Waals surface area contributed by atoms with Crippen LogP contribution in [0.25, 0.3) is 6.08 Å². The second-order valence-electron chi connectivity index (χ2n) is 2.52. The normalized spacial score (nSPS) is 10.6. The lowest BCUT2D eigenvalue weighted by Crippen LogP contribution is -1.85. The highest BCUT2D eigenvalue weighted by Crippen LogP contribution is 2.17. The van der Waals surface area contributed by atoms with E-state index < -0.39 is 0 Å². The molecule has 2 heteroatoms. The van der Waals surface area contributed by atoms with Crippen molar-refractivity contribution in [2.24, 2.45) is 0 Å². The van der Waals surface area contributed by atoms with E-state index in [0.717, 1.165) is 16.9 Å². The Labute approximate surface area is 77.6 Å². The van der Waals surface area contributed by atoms with Crippen molar-refractivity contribution < 1.29 is 4.74 Å². The van der Waals surface area contributed by atoms with Crippen LogP contribution >= 0.6 is 11.6 Å². The third-order valence-corrected chi connectivity index (χ3v) is 1.85. The molecule has 1 aromatic carbocycles. The average molecular weight is 183 g/mol.